The Labute approximate surface area is 110 Å². The third-order valence-corrected chi connectivity index (χ3v) is 2.60. The molecule has 0 aromatic carbocycles. The van der Waals surface area contributed by atoms with Gasteiger partial charge in [-0.15, -0.1) is 10.2 Å². The fourth-order valence-electron chi connectivity index (χ4n) is 1.62. The molecule has 0 aliphatic rings. The van der Waals surface area contributed by atoms with E-state index in [0.29, 0.717) is 16.7 Å². The zero-order valence-corrected chi connectivity index (χ0v) is 10.7. The van der Waals surface area contributed by atoms with E-state index in [0.717, 1.165) is 13.0 Å². The molecule has 1 N–H and O–H groups in total. The van der Waals surface area contributed by atoms with Crippen LogP contribution in [0.3, 0.4) is 0 Å². The molecule has 94 valence electrons. The molecule has 0 saturated heterocycles. The van der Waals surface area contributed by atoms with Gasteiger partial charge >= 0.3 is 0 Å². The molecular weight excluding hydrogens is 252 g/mol. The number of carbonyl (C=O) groups is 1. The van der Waals surface area contributed by atoms with E-state index in [1.807, 2.05) is 16.8 Å². The van der Waals surface area contributed by atoms with E-state index >= 15 is 0 Å². The Morgan fingerprint density at radius 2 is 2.22 bits per heavy atom. The predicted octanol–water partition coefficient (Wildman–Crippen LogP) is 2.59. The summed E-state index contributed by atoms with van der Waals surface area (Å²) < 4.78 is 1.90. The monoisotopic (exact) mass is 264 g/mol. The summed E-state index contributed by atoms with van der Waals surface area (Å²) in [6, 6.07) is 6.81. The van der Waals surface area contributed by atoms with Crippen molar-refractivity contribution in [3.63, 3.8) is 0 Å². The number of amides is 1. The molecule has 18 heavy (non-hydrogen) atoms. The minimum absolute atomic E-state index is 0.204. The second-order valence-electron chi connectivity index (χ2n) is 3.78. The van der Waals surface area contributed by atoms with Gasteiger partial charge in [0, 0.05) is 12.7 Å². The number of hydrogen-bond acceptors (Lipinski definition) is 3. The molecule has 2 heterocycles. The number of anilines is 1. The fraction of sp³-hybridized carbons (Fsp3) is 0.250. The smallest absolute Gasteiger partial charge is 0.273 e. The molecule has 0 aliphatic heterocycles. The van der Waals surface area contributed by atoms with Gasteiger partial charge in [-0.3, -0.25) is 4.79 Å². The van der Waals surface area contributed by atoms with Crippen LogP contribution in [0, 0.1) is 0 Å². The lowest BCUT2D eigenvalue weighted by Gasteiger charge is -2.07. The van der Waals surface area contributed by atoms with Crippen molar-refractivity contribution in [3.8, 4) is 0 Å². The third kappa shape index (κ3) is 2.87. The van der Waals surface area contributed by atoms with Gasteiger partial charge in [-0.1, -0.05) is 18.5 Å². The molecule has 1 amide bonds. The molecule has 0 fully saturated rings. The van der Waals surface area contributed by atoms with Crippen LogP contribution >= 0.6 is 11.6 Å². The van der Waals surface area contributed by atoms with Gasteiger partial charge in [0.25, 0.3) is 5.91 Å². The molecule has 0 saturated carbocycles. The van der Waals surface area contributed by atoms with Crippen LogP contribution in [0.15, 0.2) is 30.5 Å². The minimum Gasteiger partial charge on any atom is -0.344 e. The number of rotatable bonds is 4. The van der Waals surface area contributed by atoms with Gasteiger partial charge in [0.1, 0.15) is 5.69 Å². The van der Waals surface area contributed by atoms with E-state index in [1.54, 1.807) is 18.2 Å². The number of nitrogens with one attached hydrogen (secondary N) is 1. The first-order valence-corrected chi connectivity index (χ1v) is 6.04. The SMILES string of the molecule is CCCn1cccc1C(=O)Nc1ccc(Cl)nn1. The Hall–Kier alpha value is -1.88. The predicted molar refractivity (Wildman–Crippen MR) is 69.7 cm³/mol. The van der Waals surface area contributed by atoms with Crippen molar-refractivity contribution >= 4 is 23.3 Å². The maximum atomic E-state index is 12.0. The molecule has 2 aromatic heterocycles. The van der Waals surface area contributed by atoms with Gasteiger partial charge < -0.3 is 9.88 Å². The van der Waals surface area contributed by atoms with Crippen molar-refractivity contribution in [2.24, 2.45) is 0 Å². The number of aromatic nitrogens is 3. The number of halogens is 1. The summed E-state index contributed by atoms with van der Waals surface area (Å²) >= 11 is 5.62. The Balaban J connectivity index is 2.11. The van der Waals surface area contributed by atoms with Crippen LogP contribution < -0.4 is 5.32 Å². The van der Waals surface area contributed by atoms with Gasteiger partial charge in [-0.2, -0.15) is 0 Å². The van der Waals surface area contributed by atoms with E-state index in [9.17, 15) is 4.79 Å². The summed E-state index contributed by atoms with van der Waals surface area (Å²) in [5.74, 6) is 0.179. The first-order chi connectivity index (χ1) is 8.70. The zero-order chi connectivity index (χ0) is 13.0. The second-order valence-corrected chi connectivity index (χ2v) is 4.17. The summed E-state index contributed by atoms with van der Waals surface area (Å²) in [5, 5.41) is 10.4. The number of aryl methyl sites for hydroxylation is 1. The van der Waals surface area contributed by atoms with Gasteiger partial charge in [0.05, 0.1) is 0 Å². The maximum absolute atomic E-state index is 12.0. The van der Waals surface area contributed by atoms with Crippen LogP contribution in [0.4, 0.5) is 5.82 Å². The van der Waals surface area contributed by atoms with Crippen molar-refractivity contribution in [2.75, 3.05) is 5.32 Å². The van der Waals surface area contributed by atoms with Crippen molar-refractivity contribution in [1.29, 1.82) is 0 Å². The van der Waals surface area contributed by atoms with Crippen LogP contribution in [-0.4, -0.2) is 20.7 Å². The summed E-state index contributed by atoms with van der Waals surface area (Å²) in [6.45, 7) is 2.87. The highest BCUT2D eigenvalue weighted by atomic mass is 35.5. The van der Waals surface area contributed by atoms with Gasteiger partial charge in [0.2, 0.25) is 0 Å². The largest absolute Gasteiger partial charge is 0.344 e. The molecule has 2 aromatic rings. The van der Waals surface area contributed by atoms with Crippen LogP contribution in [0.1, 0.15) is 23.8 Å². The highest BCUT2D eigenvalue weighted by molar-refractivity contribution is 6.29. The highest BCUT2D eigenvalue weighted by Gasteiger charge is 2.11. The molecule has 6 heteroatoms. The van der Waals surface area contributed by atoms with Gasteiger partial charge in [0.15, 0.2) is 11.0 Å². The average molecular weight is 265 g/mol. The normalized spacial score (nSPS) is 10.3. The molecule has 2 rings (SSSR count). The Morgan fingerprint density at radius 3 is 2.89 bits per heavy atom. The van der Waals surface area contributed by atoms with Crippen molar-refractivity contribution < 1.29 is 4.79 Å². The quantitative estimate of drug-likeness (QED) is 0.923. The first kappa shape index (κ1) is 12.6. The molecule has 0 aliphatic carbocycles. The third-order valence-electron chi connectivity index (χ3n) is 2.40. The molecule has 0 spiro atoms. The van der Waals surface area contributed by atoms with Crippen molar-refractivity contribution in [3.05, 3.63) is 41.3 Å². The Bertz CT molecular complexity index is 535. The summed E-state index contributed by atoms with van der Waals surface area (Å²) in [4.78, 5) is 12.0. The fourth-order valence-corrected chi connectivity index (χ4v) is 1.72. The Kier molecular flexibility index (Phi) is 3.94. The van der Waals surface area contributed by atoms with Crippen molar-refractivity contribution in [1.82, 2.24) is 14.8 Å². The molecule has 0 unspecified atom stereocenters. The Morgan fingerprint density at radius 1 is 1.39 bits per heavy atom. The highest BCUT2D eigenvalue weighted by Crippen LogP contribution is 2.09. The first-order valence-electron chi connectivity index (χ1n) is 5.66. The standard InChI is InChI=1S/C12H13ClN4O/c1-2-7-17-8-3-4-9(17)12(18)14-11-6-5-10(13)15-16-11/h3-6,8H,2,7H2,1H3,(H,14,16,18). The lowest BCUT2D eigenvalue weighted by atomic mass is 10.3. The van der Waals surface area contributed by atoms with Gasteiger partial charge in [-0.25, -0.2) is 0 Å². The van der Waals surface area contributed by atoms with Crippen LogP contribution in [-0.2, 0) is 6.54 Å². The molecule has 5 nitrogen and oxygen atoms in total. The van der Waals surface area contributed by atoms with Crippen molar-refractivity contribution in [2.45, 2.75) is 19.9 Å². The molecule has 0 radical (unpaired) electrons. The van der Waals surface area contributed by atoms with E-state index in [1.165, 1.54) is 0 Å². The summed E-state index contributed by atoms with van der Waals surface area (Å²) in [6.07, 6.45) is 2.85. The average Bonchev–Trinajstić information content (AvgIpc) is 2.81. The summed E-state index contributed by atoms with van der Waals surface area (Å²) in [5.41, 5.74) is 0.605. The lowest BCUT2D eigenvalue weighted by molar-refractivity contribution is 0.101. The van der Waals surface area contributed by atoms with E-state index in [4.69, 9.17) is 11.6 Å². The minimum atomic E-state index is -0.204. The summed E-state index contributed by atoms with van der Waals surface area (Å²) in [7, 11) is 0. The molecular formula is C12H13ClN4O. The van der Waals surface area contributed by atoms with E-state index in [-0.39, 0.29) is 5.91 Å². The number of nitrogens with zero attached hydrogens (tertiary/aromatic N) is 3. The van der Waals surface area contributed by atoms with Gasteiger partial charge in [-0.05, 0) is 30.7 Å². The lowest BCUT2D eigenvalue weighted by Crippen LogP contribution is -2.17. The van der Waals surface area contributed by atoms with Crippen LogP contribution in [0.5, 0.6) is 0 Å². The topological polar surface area (TPSA) is 59.8 Å². The van der Waals surface area contributed by atoms with Crippen LogP contribution in [0.25, 0.3) is 0 Å². The number of carbonyl (C=O) groups excluding carboxylic acids is 1. The zero-order valence-electron chi connectivity index (χ0n) is 9.93. The van der Waals surface area contributed by atoms with Crippen LogP contribution in [0.2, 0.25) is 5.15 Å². The molecule has 0 atom stereocenters. The number of hydrogen-bond donors (Lipinski definition) is 1. The maximum Gasteiger partial charge on any atom is 0.273 e. The van der Waals surface area contributed by atoms with E-state index in [2.05, 4.69) is 22.4 Å². The second kappa shape index (κ2) is 5.64. The molecule has 0 bridgehead atoms. The van der Waals surface area contributed by atoms with E-state index < -0.39 is 0 Å².